The first-order valence-corrected chi connectivity index (χ1v) is 12.1. The molecule has 1 aliphatic heterocycles. The molecule has 31 heavy (non-hydrogen) atoms. The Morgan fingerprint density at radius 3 is 1.97 bits per heavy atom. The van der Waals surface area contributed by atoms with Gasteiger partial charge in [0, 0.05) is 5.56 Å². The molecule has 0 amide bonds. The molecule has 160 valence electrons. The number of aliphatic imine (C=N–C) groups is 1. The second-order valence-corrected chi connectivity index (χ2v) is 10.9. The van der Waals surface area contributed by atoms with Crippen LogP contribution in [0.25, 0.3) is 0 Å². The number of rotatable bonds is 6. The lowest BCUT2D eigenvalue weighted by Gasteiger charge is -2.28. The monoisotopic (exact) mass is 431 g/mol. The van der Waals surface area contributed by atoms with E-state index in [0.29, 0.717) is 5.92 Å². The van der Waals surface area contributed by atoms with Crippen LogP contribution in [0.5, 0.6) is 5.75 Å². The summed E-state index contributed by atoms with van der Waals surface area (Å²) in [5.41, 5.74) is 0.681. The van der Waals surface area contributed by atoms with Gasteiger partial charge in [-0.2, -0.15) is 0 Å². The zero-order valence-electron chi connectivity index (χ0n) is 18.9. The fourth-order valence-electron chi connectivity index (χ4n) is 4.28. The van der Waals surface area contributed by atoms with Crippen LogP contribution in [-0.4, -0.2) is 24.7 Å². The van der Waals surface area contributed by atoms with E-state index in [1.165, 1.54) is 15.9 Å². The van der Waals surface area contributed by atoms with E-state index >= 15 is 0 Å². The molecule has 4 heteroatoms. The number of methoxy groups -OCH3 is 1. The Labute approximate surface area is 186 Å². The van der Waals surface area contributed by atoms with Gasteiger partial charge in [0.2, 0.25) is 5.90 Å². The fraction of sp³-hybridized carbons (Fsp3) is 0.296. The maximum Gasteiger partial charge on any atom is 0.217 e. The molecular formula is C27H30NO2P. The third kappa shape index (κ3) is 4.38. The first kappa shape index (κ1) is 21.6. The third-order valence-corrected chi connectivity index (χ3v) is 8.16. The Balaban J connectivity index is 1.91. The molecule has 0 saturated carbocycles. The van der Waals surface area contributed by atoms with Crippen molar-refractivity contribution >= 4 is 29.7 Å². The Hall–Kier alpha value is -2.64. The summed E-state index contributed by atoms with van der Waals surface area (Å²) < 4.78 is 12.1. The van der Waals surface area contributed by atoms with Gasteiger partial charge in [-0.1, -0.05) is 74.5 Å². The van der Waals surface area contributed by atoms with Crippen molar-refractivity contribution in [3.8, 4) is 5.75 Å². The van der Waals surface area contributed by atoms with Crippen molar-refractivity contribution in [3.63, 3.8) is 0 Å². The molecule has 0 aromatic heterocycles. The average molecular weight is 432 g/mol. The highest BCUT2D eigenvalue weighted by molar-refractivity contribution is 7.80. The van der Waals surface area contributed by atoms with Crippen LogP contribution < -0.4 is 20.7 Å². The highest BCUT2D eigenvalue weighted by Crippen LogP contribution is 2.38. The summed E-state index contributed by atoms with van der Waals surface area (Å²) in [6, 6.07) is 27.8. The molecule has 3 aromatic carbocycles. The largest absolute Gasteiger partial charge is 0.497 e. The summed E-state index contributed by atoms with van der Waals surface area (Å²) in [7, 11) is 0.925. The van der Waals surface area contributed by atoms with Gasteiger partial charge in [-0.25, -0.2) is 4.99 Å². The summed E-state index contributed by atoms with van der Waals surface area (Å²) in [5, 5.41) is 3.83. The lowest BCUT2D eigenvalue weighted by atomic mass is 9.90. The standard InChI is InChI=1S/C27H30NO2P/c1-19(2)25-27(3,4)30-26(28-25)23-18-20(29-5)16-17-24(23)31(21-12-8-6-9-13-21)22-14-10-7-11-15-22/h6-19,25H,1-5H3/t25-/m0/s1. The molecule has 0 bridgehead atoms. The maximum atomic E-state index is 6.48. The predicted molar refractivity (Wildman–Crippen MR) is 132 cm³/mol. The topological polar surface area (TPSA) is 30.8 Å². The van der Waals surface area contributed by atoms with E-state index in [-0.39, 0.29) is 11.6 Å². The lowest BCUT2D eigenvalue weighted by Crippen LogP contribution is -2.37. The number of ether oxygens (including phenoxy) is 2. The molecule has 0 fully saturated rings. The molecule has 0 aliphatic carbocycles. The zero-order valence-corrected chi connectivity index (χ0v) is 19.8. The van der Waals surface area contributed by atoms with E-state index in [0.717, 1.165) is 17.2 Å². The van der Waals surface area contributed by atoms with Crippen molar-refractivity contribution in [1.29, 1.82) is 0 Å². The number of hydrogen-bond acceptors (Lipinski definition) is 3. The number of hydrogen-bond donors (Lipinski definition) is 0. The van der Waals surface area contributed by atoms with Gasteiger partial charge in [-0.3, -0.25) is 0 Å². The van der Waals surface area contributed by atoms with Crippen molar-refractivity contribution in [2.45, 2.75) is 39.3 Å². The van der Waals surface area contributed by atoms with Gasteiger partial charge >= 0.3 is 0 Å². The zero-order chi connectivity index (χ0) is 22.0. The van der Waals surface area contributed by atoms with Crippen molar-refractivity contribution in [2.75, 3.05) is 7.11 Å². The Kier molecular flexibility index (Phi) is 6.16. The van der Waals surface area contributed by atoms with Crippen molar-refractivity contribution in [3.05, 3.63) is 84.4 Å². The highest BCUT2D eigenvalue weighted by Gasteiger charge is 2.41. The molecule has 0 radical (unpaired) electrons. The van der Waals surface area contributed by atoms with Gasteiger partial charge in [-0.15, -0.1) is 0 Å². The molecule has 1 aliphatic rings. The minimum atomic E-state index is -0.777. The van der Waals surface area contributed by atoms with E-state index < -0.39 is 7.92 Å². The van der Waals surface area contributed by atoms with Crippen molar-refractivity contribution in [1.82, 2.24) is 0 Å². The summed E-state index contributed by atoms with van der Waals surface area (Å²) in [6.45, 7) is 8.67. The quantitative estimate of drug-likeness (QED) is 0.513. The van der Waals surface area contributed by atoms with Crippen LogP contribution in [0.2, 0.25) is 0 Å². The fourth-order valence-corrected chi connectivity index (χ4v) is 6.70. The second kappa shape index (κ2) is 8.85. The molecule has 0 N–H and O–H groups in total. The SMILES string of the molecule is COc1ccc(P(c2ccccc2)c2ccccc2)c(C2=N[C@@H](C(C)C)C(C)(C)O2)c1. The smallest absolute Gasteiger partial charge is 0.217 e. The molecule has 0 saturated heterocycles. The Morgan fingerprint density at radius 2 is 1.48 bits per heavy atom. The number of benzene rings is 3. The minimum Gasteiger partial charge on any atom is -0.497 e. The van der Waals surface area contributed by atoms with Crippen LogP contribution in [0, 0.1) is 5.92 Å². The Bertz CT molecular complexity index is 1020. The molecule has 1 heterocycles. The molecule has 1 atom stereocenters. The molecule has 0 unspecified atom stereocenters. The third-order valence-electron chi connectivity index (χ3n) is 5.66. The van der Waals surface area contributed by atoms with E-state index in [4.69, 9.17) is 14.5 Å². The van der Waals surface area contributed by atoms with Crippen LogP contribution in [0.3, 0.4) is 0 Å². The van der Waals surface area contributed by atoms with Crippen LogP contribution in [0.1, 0.15) is 33.3 Å². The van der Waals surface area contributed by atoms with Crippen LogP contribution in [0.15, 0.2) is 83.9 Å². The Morgan fingerprint density at radius 1 is 0.903 bits per heavy atom. The first-order valence-electron chi connectivity index (χ1n) is 10.8. The normalized spacial score (nSPS) is 17.5. The summed E-state index contributed by atoms with van der Waals surface area (Å²) >= 11 is 0. The number of nitrogens with zero attached hydrogens (tertiary/aromatic N) is 1. The first-order chi connectivity index (χ1) is 14.9. The highest BCUT2D eigenvalue weighted by atomic mass is 31.1. The average Bonchev–Trinajstić information content (AvgIpc) is 3.11. The van der Waals surface area contributed by atoms with E-state index in [9.17, 15) is 0 Å². The second-order valence-electron chi connectivity index (χ2n) is 8.72. The molecule has 3 aromatic rings. The maximum absolute atomic E-state index is 6.48. The molecule has 3 nitrogen and oxygen atoms in total. The summed E-state index contributed by atoms with van der Waals surface area (Å²) in [4.78, 5) is 5.07. The molecule has 4 rings (SSSR count). The van der Waals surface area contributed by atoms with Gasteiger partial charge in [0.25, 0.3) is 0 Å². The van der Waals surface area contributed by atoms with Gasteiger partial charge in [0.1, 0.15) is 11.4 Å². The minimum absolute atomic E-state index is 0.112. The molecule has 0 spiro atoms. The van der Waals surface area contributed by atoms with Crippen molar-refractivity contribution in [2.24, 2.45) is 10.9 Å². The van der Waals surface area contributed by atoms with Crippen LogP contribution >= 0.6 is 7.92 Å². The lowest BCUT2D eigenvalue weighted by molar-refractivity contribution is 0.0813. The van der Waals surface area contributed by atoms with E-state index in [1.807, 2.05) is 6.07 Å². The van der Waals surface area contributed by atoms with Gasteiger partial charge in [0.15, 0.2) is 0 Å². The van der Waals surface area contributed by atoms with E-state index in [2.05, 4.69) is 100 Å². The van der Waals surface area contributed by atoms with Crippen LogP contribution in [0.4, 0.5) is 0 Å². The van der Waals surface area contributed by atoms with Crippen molar-refractivity contribution < 1.29 is 9.47 Å². The summed E-state index contributed by atoms with van der Waals surface area (Å²) in [5.74, 6) is 1.93. The van der Waals surface area contributed by atoms with Gasteiger partial charge in [-0.05, 0) is 61.8 Å². The van der Waals surface area contributed by atoms with Gasteiger partial charge in [0.05, 0.1) is 13.2 Å². The molecular weight excluding hydrogens is 401 g/mol. The predicted octanol–water partition coefficient (Wildman–Crippen LogP) is 5.03. The summed E-state index contributed by atoms with van der Waals surface area (Å²) in [6.07, 6.45) is 0. The van der Waals surface area contributed by atoms with E-state index in [1.54, 1.807) is 7.11 Å². The van der Waals surface area contributed by atoms with Crippen LogP contribution in [-0.2, 0) is 4.74 Å². The van der Waals surface area contributed by atoms with Gasteiger partial charge < -0.3 is 9.47 Å².